The highest BCUT2D eigenvalue weighted by Gasteiger charge is 2.20. The molecule has 0 aromatic heterocycles. The third kappa shape index (κ3) is 6.29. The number of carbonyl (C=O) groups excluding carboxylic acids is 1. The van der Waals surface area contributed by atoms with Crippen molar-refractivity contribution in [2.75, 3.05) is 6.54 Å². The molecule has 1 aromatic carbocycles. The second-order valence-corrected chi connectivity index (χ2v) is 4.87. The van der Waals surface area contributed by atoms with Crippen LogP contribution in [0.5, 0.6) is 0 Å². The fourth-order valence-electron chi connectivity index (χ4n) is 2.37. The molecule has 0 saturated carbocycles. The minimum atomic E-state index is -0.139. The van der Waals surface area contributed by atoms with Crippen molar-refractivity contribution < 1.29 is 9.18 Å². The van der Waals surface area contributed by atoms with Crippen molar-refractivity contribution in [2.24, 2.45) is 5.92 Å². The predicted octanol–water partition coefficient (Wildman–Crippen LogP) is 4.43. The molecule has 0 unspecified atom stereocenters. The normalized spacial score (nSPS) is 20.9. The molecule has 1 heterocycles. The molecule has 0 radical (unpaired) electrons. The van der Waals surface area contributed by atoms with Gasteiger partial charge in [-0.1, -0.05) is 26.8 Å². The Labute approximate surface area is 122 Å². The van der Waals surface area contributed by atoms with E-state index in [1.54, 1.807) is 12.1 Å². The zero-order valence-corrected chi connectivity index (χ0v) is 13.4. The smallest absolute Gasteiger partial charge is 0.123 e. The lowest BCUT2D eigenvalue weighted by Gasteiger charge is -2.29. The Hall–Kier alpha value is -1.22. The van der Waals surface area contributed by atoms with E-state index in [4.69, 9.17) is 4.79 Å². The summed E-state index contributed by atoms with van der Waals surface area (Å²) in [7, 11) is 0. The van der Waals surface area contributed by atoms with Crippen LogP contribution in [0, 0.1) is 18.7 Å². The molecule has 2 atom stereocenters. The number of piperidine rings is 1. The highest BCUT2D eigenvalue weighted by molar-refractivity contribution is 5.44. The summed E-state index contributed by atoms with van der Waals surface area (Å²) in [6.07, 6.45) is 3.16. The molecule has 0 aliphatic carbocycles. The molecule has 1 saturated heterocycles. The molecule has 1 N–H and O–H groups in total. The van der Waals surface area contributed by atoms with Gasteiger partial charge in [0.1, 0.15) is 12.1 Å². The van der Waals surface area contributed by atoms with Crippen LogP contribution in [0.2, 0.25) is 0 Å². The van der Waals surface area contributed by atoms with E-state index in [9.17, 15) is 4.39 Å². The third-order valence-corrected chi connectivity index (χ3v) is 3.27. The molecule has 1 fully saturated rings. The molecule has 3 heteroatoms. The first kappa shape index (κ1) is 18.8. The Morgan fingerprint density at radius 2 is 1.95 bits per heavy atom. The molecule has 114 valence electrons. The van der Waals surface area contributed by atoms with Gasteiger partial charge < -0.3 is 10.1 Å². The molecule has 1 aliphatic rings. The zero-order chi connectivity index (χ0) is 15.5. The highest BCUT2D eigenvalue weighted by Crippen LogP contribution is 2.28. The Balaban J connectivity index is 0.000000641. The van der Waals surface area contributed by atoms with E-state index in [1.165, 1.54) is 18.9 Å². The number of carbonyl (C=O) groups is 1. The van der Waals surface area contributed by atoms with Crippen LogP contribution >= 0.6 is 0 Å². The van der Waals surface area contributed by atoms with Gasteiger partial charge in [-0.25, -0.2) is 4.39 Å². The number of nitrogens with one attached hydrogen (secondary N) is 1. The zero-order valence-electron chi connectivity index (χ0n) is 13.4. The van der Waals surface area contributed by atoms with Gasteiger partial charge >= 0.3 is 0 Å². The second-order valence-electron chi connectivity index (χ2n) is 4.87. The molecule has 0 spiro atoms. The summed E-state index contributed by atoms with van der Waals surface area (Å²) in [5, 5.41) is 3.50. The number of aryl methyl sites for hydroxylation is 1. The minimum absolute atomic E-state index is 0.139. The number of halogens is 1. The molecule has 1 aliphatic heterocycles. The molecular formula is C17H28FNO. The summed E-state index contributed by atoms with van der Waals surface area (Å²) in [6, 6.07) is 5.51. The van der Waals surface area contributed by atoms with E-state index < -0.39 is 0 Å². The van der Waals surface area contributed by atoms with Crippen LogP contribution in [0.4, 0.5) is 4.39 Å². The van der Waals surface area contributed by atoms with Crippen molar-refractivity contribution in [3.63, 3.8) is 0 Å². The predicted molar refractivity (Wildman–Crippen MR) is 83.4 cm³/mol. The lowest BCUT2D eigenvalue weighted by molar-refractivity contribution is -0.106. The maximum atomic E-state index is 13.0. The average molecular weight is 281 g/mol. The Kier molecular flexibility index (Phi) is 9.91. The summed E-state index contributed by atoms with van der Waals surface area (Å²) in [6.45, 7) is 10.8. The van der Waals surface area contributed by atoms with Crippen LogP contribution in [0.25, 0.3) is 0 Å². The maximum absolute atomic E-state index is 13.0. The Morgan fingerprint density at radius 1 is 1.35 bits per heavy atom. The van der Waals surface area contributed by atoms with E-state index in [0.717, 1.165) is 30.7 Å². The molecule has 2 nitrogen and oxygen atoms in total. The lowest BCUT2D eigenvalue weighted by Crippen LogP contribution is -2.31. The molecule has 1 aromatic rings. The van der Waals surface area contributed by atoms with E-state index in [-0.39, 0.29) is 5.82 Å². The van der Waals surface area contributed by atoms with Gasteiger partial charge in [0.2, 0.25) is 0 Å². The fraction of sp³-hybridized carbons (Fsp3) is 0.588. The van der Waals surface area contributed by atoms with Crippen LogP contribution in [-0.2, 0) is 4.79 Å². The van der Waals surface area contributed by atoms with Gasteiger partial charge in [-0.3, -0.25) is 0 Å². The van der Waals surface area contributed by atoms with Gasteiger partial charge in [0, 0.05) is 6.04 Å². The average Bonchev–Trinajstić information content (AvgIpc) is 2.42. The molecule has 2 rings (SSSR count). The summed E-state index contributed by atoms with van der Waals surface area (Å²) in [4.78, 5) is 8.81. The van der Waals surface area contributed by atoms with Crippen molar-refractivity contribution in [3.8, 4) is 0 Å². The van der Waals surface area contributed by atoms with Gasteiger partial charge in [0.25, 0.3) is 0 Å². The highest BCUT2D eigenvalue weighted by atomic mass is 19.1. The van der Waals surface area contributed by atoms with Gasteiger partial charge in [-0.15, -0.1) is 0 Å². The van der Waals surface area contributed by atoms with Crippen LogP contribution in [-0.4, -0.2) is 12.8 Å². The topological polar surface area (TPSA) is 29.1 Å². The van der Waals surface area contributed by atoms with Gasteiger partial charge in [-0.05, 0) is 62.4 Å². The molecule has 20 heavy (non-hydrogen) atoms. The molecular weight excluding hydrogens is 253 g/mol. The van der Waals surface area contributed by atoms with Crippen molar-refractivity contribution in [1.29, 1.82) is 0 Å². The van der Waals surface area contributed by atoms with Gasteiger partial charge in [-0.2, -0.15) is 0 Å². The van der Waals surface area contributed by atoms with Crippen LogP contribution in [0.3, 0.4) is 0 Å². The summed E-state index contributed by atoms with van der Waals surface area (Å²) < 4.78 is 13.0. The van der Waals surface area contributed by atoms with Crippen molar-refractivity contribution in [3.05, 3.63) is 35.1 Å². The van der Waals surface area contributed by atoms with Crippen LogP contribution in [0.15, 0.2) is 18.2 Å². The van der Waals surface area contributed by atoms with Crippen molar-refractivity contribution in [1.82, 2.24) is 5.32 Å². The monoisotopic (exact) mass is 281 g/mol. The number of rotatable bonds is 1. The van der Waals surface area contributed by atoms with E-state index in [1.807, 2.05) is 26.8 Å². The summed E-state index contributed by atoms with van der Waals surface area (Å²) in [5.74, 6) is 0.626. The number of hydrogen-bond acceptors (Lipinski definition) is 2. The standard InChI is InChI=1S/C13H18FN.C2H4O.C2H6/c1-9-5-6-15-13(7-9)12-4-3-11(14)8-10(12)2;1-2-3;1-2/h3-4,8-9,13,15H,5-7H2,1-2H3;2H,1H3;1-2H3/t9-,13+;;/m0../s1. The quantitative estimate of drug-likeness (QED) is 0.772. The second kappa shape index (κ2) is 10.6. The third-order valence-electron chi connectivity index (χ3n) is 3.27. The Morgan fingerprint density at radius 3 is 2.45 bits per heavy atom. The van der Waals surface area contributed by atoms with E-state index in [0.29, 0.717) is 6.04 Å². The lowest BCUT2D eigenvalue weighted by atomic mass is 9.88. The summed E-state index contributed by atoms with van der Waals surface area (Å²) in [5.41, 5.74) is 2.31. The molecule has 0 amide bonds. The number of benzene rings is 1. The van der Waals surface area contributed by atoms with Crippen LogP contribution < -0.4 is 5.32 Å². The van der Waals surface area contributed by atoms with Gasteiger partial charge in [0.05, 0.1) is 0 Å². The number of hydrogen-bond donors (Lipinski definition) is 1. The van der Waals surface area contributed by atoms with E-state index >= 15 is 0 Å². The van der Waals surface area contributed by atoms with Crippen molar-refractivity contribution >= 4 is 6.29 Å². The SMILES string of the molecule is CC.CC=O.Cc1cc(F)ccc1[C@H]1C[C@@H](C)CCN1. The van der Waals surface area contributed by atoms with Crippen LogP contribution in [0.1, 0.15) is 57.7 Å². The van der Waals surface area contributed by atoms with E-state index in [2.05, 4.69) is 12.2 Å². The first-order chi connectivity index (χ1) is 9.58. The fourth-order valence-corrected chi connectivity index (χ4v) is 2.37. The minimum Gasteiger partial charge on any atom is -0.310 e. The largest absolute Gasteiger partial charge is 0.310 e. The van der Waals surface area contributed by atoms with Crippen molar-refractivity contribution in [2.45, 2.75) is 53.5 Å². The Bertz CT molecular complexity index is 393. The first-order valence-corrected chi connectivity index (χ1v) is 7.47. The maximum Gasteiger partial charge on any atom is 0.123 e. The first-order valence-electron chi connectivity index (χ1n) is 7.47. The number of aldehydes is 1. The summed E-state index contributed by atoms with van der Waals surface area (Å²) >= 11 is 0. The molecule has 0 bridgehead atoms. The van der Waals surface area contributed by atoms with Gasteiger partial charge in [0.15, 0.2) is 0 Å².